The lowest BCUT2D eigenvalue weighted by atomic mass is 10.4. The first-order valence-corrected chi connectivity index (χ1v) is 4.70. The predicted octanol–water partition coefficient (Wildman–Crippen LogP) is 0.458. The van der Waals surface area contributed by atoms with E-state index in [-0.39, 0.29) is 10.9 Å². The van der Waals surface area contributed by atoms with Gasteiger partial charge in [0.15, 0.2) is 5.12 Å². The van der Waals surface area contributed by atoms with E-state index in [1.807, 2.05) is 6.92 Å². The molecule has 0 aromatic carbocycles. The molecule has 0 saturated heterocycles. The van der Waals surface area contributed by atoms with Crippen molar-refractivity contribution < 1.29 is 14.7 Å². The number of carboxylic acids is 1. The van der Waals surface area contributed by atoms with Gasteiger partial charge in [0.2, 0.25) is 0 Å². The molecule has 5 heteroatoms. The van der Waals surface area contributed by atoms with Gasteiger partial charge in [0.25, 0.3) is 0 Å². The van der Waals surface area contributed by atoms with E-state index in [9.17, 15) is 9.59 Å². The Morgan fingerprint density at radius 2 is 2.17 bits per heavy atom. The minimum Gasteiger partial charge on any atom is -0.480 e. The van der Waals surface area contributed by atoms with E-state index in [1.165, 1.54) is 0 Å². The first-order valence-electron chi connectivity index (χ1n) is 3.72. The highest BCUT2D eigenvalue weighted by Crippen LogP contribution is 2.07. The Kier molecular flexibility index (Phi) is 5.74. The Morgan fingerprint density at radius 3 is 2.58 bits per heavy atom. The van der Waals surface area contributed by atoms with Gasteiger partial charge < -0.3 is 10.8 Å². The SMILES string of the molecule is CCCC(=O)SC[C@@H](N)C(=O)O. The van der Waals surface area contributed by atoms with E-state index in [4.69, 9.17) is 10.8 Å². The standard InChI is InChI=1S/C7H13NO3S/c1-2-3-6(9)12-4-5(8)7(10)11/h5H,2-4,8H2,1H3,(H,10,11)/t5-/m1/s1. The lowest BCUT2D eigenvalue weighted by molar-refractivity contribution is -0.137. The molecule has 0 aromatic rings. The van der Waals surface area contributed by atoms with E-state index in [0.29, 0.717) is 6.42 Å². The highest BCUT2D eigenvalue weighted by molar-refractivity contribution is 8.13. The molecule has 0 bridgehead atoms. The minimum atomic E-state index is -1.06. The van der Waals surface area contributed by atoms with Gasteiger partial charge in [-0.05, 0) is 6.42 Å². The van der Waals surface area contributed by atoms with Crippen LogP contribution in [-0.4, -0.2) is 28.0 Å². The van der Waals surface area contributed by atoms with Gasteiger partial charge in [-0.15, -0.1) is 0 Å². The molecule has 1 atom stereocenters. The first kappa shape index (κ1) is 11.4. The second kappa shape index (κ2) is 6.02. The summed E-state index contributed by atoms with van der Waals surface area (Å²) in [6.07, 6.45) is 1.27. The summed E-state index contributed by atoms with van der Waals surface area (Å²) < 4.78 is 0. The van der Waals surface area contributed by atoms with Gasteiger partial charge in [-0.1, -0.05) is 18.7 Å². The number of carbonyl (C=O) groups excluding carboxylic acids is 1. The molecule has 0 amide bonds. The number of hydrogen-bond donors (Lipinski definition) is 2. The Labute approximate surface area is 75.5 Å². The van der Waals surface area contributed by atoms with Crippen molar-refractivity contribution in [1.82, 2.24) is 0 Å². The number of carbonyl (C=O) groups is 2. The maximum atomic E-state index is 10.9. The number of rotatable bonds is 5. The zero-order chi connectivity index (χ0) is 9.56. The van der Waals surface area contributed by atoms with Crippen LogP contribution in [0.1, 0.15) is 19.8 Å². The van der Waals surface area contributed by atoms with Crippen LogP contribution in [-0.2, 0) is 9.59 Å². The molecular formula is C7H13NO3S. The summed E-state index contributed by atoms with van der Waals surface area (Å²) in [5.74, 6) is -0.902. The van der Waals surface area contributed by atoms with Crippen LogP contribution in [0.3, 0.4) is 0 Å². The van der Waals surface area contributed by atoms with Crippen LogP contribution in [0, 0.1) is 0 Å². The molecule has 0 spiro atoms. The normalized spacial score (nSPS) is 12.5. The second-order valence-corrected chi connectivity index (χ2v) is 3.46. The summed E-state index contributed by atoms with van der Waals surface area (Å²) in [4.78, 5) is 21.1. The molecule has 0 aromatic heterocycles. The average molecular weight is 191 g/mol. The predicted molar refractivity (Wildman–Crippen MR) is 48.0 cm³/mol. The van der Waals surface area contributed by atoms with Gasteiger partial charge in [0.1, 0.15) is 6.04 Å². The molecule has 12 heavy (non-hydrogen) atoms. The summed E-state index contributed by atoms with van der Waals surface area (Å²) in [5.41, 5.74) is 5.19. The van der Waals surface area contributed by atoms with E-state index in [2.05, 4.69) is 0 Å². The van der Waals surface area contributed by atoms with Crippen LogP contribution in [0.4, 0.5) is 0 Å². The molecule has 3 N–H and O–H groups in total. The largest absolute Gasteiger partial charge is 0.480 e. The second-order valence-electron chi connectivity index (χ2n) is 2.38. The molecule has 0 rings (SSSR count). The van der Waals surface area contributed by atoms with E-state index < -0.39 is 12.0 Å². The number of thioether (sulfide) groups is 1. The van der Waals surface area contributed by atoms with Gasteiger partial charge >= 0.3 is 5.97 Å². The van der Waals surface area contributed by atoms with Crippen LogP contribution >= 0.6 is 11.8 Å². The maximum Gasteiger partial charge on any atom is 0.321 e. The molecule has 70 valence electrons. The molecule has 0 heterocycles. The van der Waals surface area contributed by atoms with Crippen molar-refractivity contribution in [2.24, 2.45) is 5.73 Å². The Hall–Kier alpha value is -0.550. The molecule has 0 aliphatic heterocycles. The third kappa shape index (κ3) is 5.15. The summed E-state index contributed by atoms with van der Waals surface area (Å²) in [6, 6.07) is -0.934. The van der Waals surface area contributed by atoms with Gasteiger partial charge in [0.05, 0.1) is 0 Å². The highest BCUT2D eigenvalue weighted by atomic mass is 32.2. The van der Waals surface area contributed by atoms with Crippen LogP contribution in [0.25, 0.3) is 0 Å². The van der Waals surface area contributed by atoms with Crippen LogP contribution in [0.5, 0.6) is 0 Å². The van der Waals surface area contributed by atoms with E-state index in [1.54, 1.807) is 0 Å². The van der Waals surface area contributed by atoms with Crippen molar-refractivity contribution in [1.29, 1.82) is 0 Å². The smallest absolute Gasteiger partial charge is 0.321 e. The van der Waals surface area contributed by atoms with E-state index in [0.717, 1.165) is 18.2 Å². The Bertz CT molecular complexity index is 172. The third-order valence-electron chi connectivity index (χ3n) is 1.20. The lowest BCUT2D eigenvalue weighted by Crippen LogP contribution is -2.32. The first-order chi connectivity index (χ1) is 5.57. The zero-order valence-corrected chi connectivity index (χ0v) is 7.76. The van der Waals surface area contributed by atoms with Gasteiger partial charge in [0, 0.05) is 12.2 Å². The number of aliphatic carboxylic acids is 1. The van der Waals surface area contributed by atoms with Crippen LogP contribution in [0.15, 0.2) is 0 Å². The molecule has 0 fully saturated rings. The summed E-state index contributed by atoms with van der Waals surface area (Å²) in [6.45, 7) is 1.90. The molecule has 0 aliphatic rings. The van der Waals surface area contributed by atoms with Gasteiger partial charge in [-0.3, -0.25) is 9.59 Å². The maximum absolute atomic E-state index is 10.9. The molecule has 4 nitrogen and oxygen atoms in total. The molecular weight excluding hydrogens is 178 g/mol. The fourth-order valence-electron chi connectivity index (χ4n) is 0.530. The van der Waals surface area contributed by atoms with Crippen molar-refractivity contribution >= 4 is 22.8 Å². The Morgan fingerprint density at radius 1 is 1.58 bits per heavy atom. The number of nitrogens with two attached hydrogens (primary N) is 1. The fourth-order valence-corrected chi connectivity index (χ4v) is 1.39. The number of carboxylic acid groups (broad SMARTS) is 1. The van der Waals surface area contributed by atoms with E-state index >= 15 is 0 Å². The summed E-state index contributed by atoms with van der Waals surface area (Å²) >= 11 is 0.993. The van der Waals surface area contributed by atoms with Crippen molar-refractivity contribution in [3.05, 3.63) is 0 Å². The van der Waals surface area contributed by atoms with Gasteiger partial charge in [-0.2, -0.15) is 0 Å². The number of hydrogen-bond acceptors (Lipinski definition) is 4. The third-order valence-corrected chi connectivity index (χ3v) is 2.25. The van der Waals surface area contributed by atoms with Gasteiger partial charge in [-0.25, -0.2) is 0 Å². The average Bonchev–Trinajstić information content (AvgIpc) is 2.00. The fraction of sp³-hybridized carbons (Fsp3) is 0.714. The van der Waals surface area contributed by atoms with Crippen LogP contribution < -0.4 is 5.73 Å². The monoisotopic (exact) mass is 191 g/mol. The summed E-state index contributed by atoms with van der Waals surface area (Å²) in [7, 11) is 0. The molecule has 0 radical (unpaired) electrons. The quantitative estimate of drug-likeness (QED) is 0.659. The van der Waals surface area contributed by atoms with Crippen molar-refractivity contribution in [3.8, 4) is 0 Å². The molecule has 0 unspecified atom stereocenters. The zero-order valence-electron chi connectivity index (χ0n) is 6.95. The topological polar surface area (TPSA) is 80.4 Å². The molecule has 0 aliphatic carbocycles. The highest BCUT2D eigenvalue weighted by Gasteiger charge is 2.13. The Balaban J connectivity index is 3.54. The lowest BCUT2D eigenvalue weighted by Gasteiger charge is -2.03. The van der Waals surface area contributed by atoms with Crippen molar-refractivity contribution in [3.63, 3.8) is 0 Å². The summed E-state index contributed by atoms with van der Waals surface area (Å²) in [5, 5.41) is 8.38. The minimum absolute atomic E-state index is 0.00852. The molecule has 0 saturated carbocycles. The van der Waals surface area contributed by atoms with Crippen molar-refractivity contribution in [2.45, 2.75) is 25.8 Å². The van der Waals surface area contributed by atoms with Crippen LogP contribution in [0.2, 0.25) is 0 Å². The van der Waals surface area contributed by atoms with Crippen molar-refractivity contribution in [2.75, 3.05) is 5.75 Å².